The zero-order valence-electron chi connectivity index (χ0n) is 25.7. The first-order chi connectivity index (χ1) is 20.2. The van der Waals surface area contributed by atoms with E-state index in [4.69, 9.17) is 0 Å². The van der Waals surface area contributed by atoms with Crippen molar-refractivity contribution in [3.05, 3.63) is 84.0 Å². The van der Waals surface area contributed by atoms with E-state index in [1.165, 1.54) is 62.4 Å². The Morgan fingerprint density at radius 3 is 0.773 bits per heavy atom. The second-order valence-electron chi connectivity index (χ2n) is 6.42. The van der Waals surface area contributed by atoms with Crippen molar-refractivity contribution in [1.29, 1.82) is 0 Å². The van der Waals surface area contributed by atoms with Crippen molar-refractivity contribution in [2.45, 2.75) is 6.92 Å². The molecular weight excluding hydrogens is 672 g/mol. The normalized spacial score (nSPS) is 10.1. The molecule has 0 atom stereocenters. The predicted molar refractivity (Wildman–Crippen MR) is 140 cm³/mol. The van der Waals surface area contributed by atoms with E-state index in [2.05, 4.69) is 57.0 Å². The van der Waals surface area contributed by atoms with Gasteiger partial charge in [-0.15, -0.1) is 0 Å². The summed E-state index contributed by atoms with van der Waals surface area (Å²) in [6.07, 6.45) is 2.89. The van der Waals surface area contributed by atoms with Crippen molar-refractivity contribution in [2.24, 2.45) is 0 Å². The quantitative estimate of drug-likeness (QED) is 0.123. The van der Waals surface area contributed by atoms with E-state index in [0.717, 1.165) is 24.3 Å². The van der Waals surface area contributed by atoms with Crippen LogP contribution in [0.4, 0.5) is 0 Å². The number of aryl methyl sites for hydroxylation is 1. The third kappa shape index (κ3) is 39.5. The van der Waals surface area contributed by atoms with Crippen LogP contribution in [0.25, 0.3) is 0 Å². The van der Waals surface area contributed by atoms with E-state index >= 15 is 0 Å². The van der Waals surface area contributed by atoms with Crippen molar-refractivity contribution in [2.75, 3.05) is 56.9 Å². The molecule has 244 valence electrons. The van der Waals surface area contributed by atoms with Crippen LogP contribution >= 0.6 is 0 Å². The van der Waals surface area contributed by atoms with Gasteiger partial charge in [-0.3, -0.25) is 0 Å². The minimum absolute atomic E-state index is 0. The van der Waals surface area contributed by atoms with Crippen molar-refractivity contribution < 1.29 is 104 Å². The maximum atomic E-state index is 10.2. The summed E-state index contributed by atoms with van der Waals surface area (Å²) >= 11 is 0. The number of methoxy groups -OCH3 is 8. The fraction of sp³-hybridized carbons (Fsp3) is 0.333. The Labute approximate surface area is 274 Å². The predicted octanol–water partition coefficient (Wildman–Crippen LogP) is -1.98. The van der Waals surface area contributed by atoms with Gasteiger partial charge in [0.25, 0.3) is 0 Å². The number of rotatable bonds is 8. The maximum absolute atomic E-state index is 10.2. The number of benzene rings is 1. The molecule has 0 saturated heterocycles. The molecule has 0 aliphatic rings. The van der Waals surface area contributed by atoms with Crippen LogP contribution in [0.3, 0.4) is 0 Å². The van der Waals surface area contributed by atoms with Gasteiger partial charge in [0.15, 0.2) is 0 Å². The molecule has 0 aliphatic heterocycles. The van der Waals surface area contributed by atoms with E-state index in [0.29, 0.717) is 0 Å². The third-order valence-electron chi connectivity index (χ3n) is 3.49. The zero-order chi connectivity index (χ0) is 34.2. The molecule has 0 amide bonds. The van der Waals surface area contributed by atoms with E-state index in [-0.39, 0.29) is 26.2 Å². The number of carbonyl (C=O) groups excluding carboxylic acids is 4. The van der Waals surface area contributed by atoms with Crippen LogP contribution < -0.4 is 20.4 Å². The molecule has 0 heterocycles. The second-order valence-corrected chi connectivity index (χ2v) is 6.42. The van der Waals surface area contributed by atoms with Crippen LogP contribution in [0.1, 0.15) is 5.56 Å². The van der Waals surface area contributed by atoms with E-state index in [9.17, 15) is 39.6 Å². The Kier molecular flexibility index (Phi) is 38.5. The first-order valence-corrected chi connectivity index (χ1v) is 11.3. The standard InChI is InChI=1S/C7H8.4C5H8O4.Zr/c1-7-5-3-2-4-6-7;4*1-8-4(6)3-5(7)9-2;/h2-6H,1H3;4*3,6H,1-2H3;/q;;;;;+4/p-4/b;4*4-3+;. The number of carbonyl (C=O) groups is 4. The molecule has 1 aromatic carbocycles. The summed E-state index contributed by atoms with van der Waals surface area (Å²) in [5.41, 5.74) is 1.32. The fourth-order valence-electron chi connectivity index (χ4n) is 1.39. The van der Waals surface area contributed by atoms with Gasteiger partial charge in [-0.2, -0.15) is 0 Å². The third-order valence-corrected chi connectivity index (χ3v) is 3.49. The monoisotopic (exact) mass is 706 g/mol. The summed E-state index contributed by atoms with van der Waals surface area (Å²) < 4.78 is 33.0. The fourth-order valence-corrected chi connectivity index (χ4v) is 1.39. The van der Waals surface area contributed by atoms with E-state index < -0.39 is 47.7 Å². The van der Waals surface area contributed by atoms with Gasteiger partial charge >= 0.3 is 50.1 Å². The summed E-state index contributed by atoms with van der Waals surface area (Å²) in [5.74, 6) is -5.65. The molecule has 0 saturated carbocycles. The number of ether oxygens (including phenoxy) is 8. The number of esters is 4. The summed E-state index contributed by atoms with van der Waals surface area (Å²) in [5, 5.41) is 40.8. The van der Waals surface area contributed by atoms with Crippen molar-refractivity contribution in [3.63, 3.8) is 0 Å². The molecular formula is C27H36O16Zr. The minimum Gasteiger partial charge on any atom is -0.616 e. The Morgan fingerprint density at radius 1 is 0.455 bits per heavy atom. The first-order valence-electron chi connectivity index (χ1n) is 11.3. The molecule has 0 spiro atoms. The smallest absolute Gasteiger partial charge is 0.616 e. The molecule has 0 N–H and O–H groups in total. The van der Waals surface area contributed by atoms with Crippen molar-refractivity contribution in [3.8, 4) is 0 Å². The molecule has 0 unspecified atom stereocenters. The average Bonchev–Trinajstić information content (AvgIpc) is 3.01. The van der Waals surface area contributed by atoms with Gasteiger partial charge < -0.3 is 58.3 Å². The van der Waals surface area contributed by atoms with Crippen LogP contribution in [0, 0.1) is 6.92 Å². The molecule has 0 aliphatic carbocycles. The Bertz CT molecular complexity index is 906. The molecule has 0 fully saturated rings. The van der Waals surface area contributed by atoms with Gasteiger partial charge in [-0.05, 0) is 35.4 Å². The van der Waals surface area contributed by atoms with Crippen LogP contribution in [-0.2, 0) is 83.3 Å². The molecule has 17 heteroatoms. The largest absolute Gasteiger partial charge is 4.00 e. The van der Waals surface area contributed by atoms with Gasteiger partial charge in [-0.25, -0.2) is 19.2 Å². The van der Waals surface area contributed by atoms with Gasteiger partial charge in [0, 0.05) is 24.3 Å². The molecule has 16 nitrogen and oxygen atoms in total. The Balaban J connectivity index is -0.000000143. The summed E-state index contributed by atoms with van der Waals surface area (Å²) in [4.78, 5) is 40.8. The second kappa shape index (κ2) is 34.5. The van der Waals surface area contributed by atoms with Crippen LogP contribution in [0.15, 0.2) is 78.4 Å². The SMILES string of the molecule is COC(=O)/C=C(\[O-])OC.COC(=O)/C=C(\[O-])OC.COC(=O)/C=C(\[O-])OC.COC(=O)/C=C(\[O-])OC.Cc1ccccc1.[Zr+4]. The molecule has 1 rings (SSSR count). The maximum Gasteiger partial charge on any atom is 4.00 e. The molecule has 0 aromatic heterocycles. The summed E-state index contributed by atoms with van der Waals surface area (Å²) in [7, 11) is 9.46. The summed E-state index contributed by atoms with van der Waals surface area (Å²) in [6, 6.07) is 10.3. The van der Waals surface area contributed by atoms with Gasteiger partial charge in [0.1, 0.15) is 0 Å². The molecule has 44 heavy (non-hydrogen) atoms. The molecule has 1 aromatic rings. The van der Waals surface area contributed by atoms with Gasteiger partial charge in [0.2, 0.25) is 0 Å². The van der Waals surface area contributed by atoms with Crippen LogP contribution in [0.5, 0.6) is 0 Å². The number of hydrogen-bond acceptors (Lipinski definition) is 16. The van der Waals surface area contributed by atoms with Gasteiger partial charge in [-0.1, -0.05) is 35.9 Å². The average molecular weight is 708 g/mol. The first kappa shape index (κ1) is 49.0. The molecule has 0 radical (unpaired) electrons. The van der Waals surface area contributed by atoms with E-state index in [1.54, 1.807) is 0 Å². The van der Waals surface area contributed by atoms with Gasteiger partial charge in [0.05, 0.1) is 52.2 Å². The summed E-state index contributed by atoms with van der Waals surface area (Å²) in [6.45, 7) is 2.08. The molecule has 0 bridgehead atoms. The Morgan fingerprint density at radius 2 is 0.659 bits per heavy atom. The van der Waals surface area contributed by atoms with Crippen LogP contribution in [-0.4, -0.2) is 80.8 Å². The van der Waals surface area contributed by atoms with E-state index in [1.807, 2.05) is 18.2 Å². The van der Waals surface area contributed by atoms with Crippen LogP contribution in [0.2, 0.25) is 0 Å². The number of hydrogen-bond donors (Lipinski definition) is 0. The topological polar surface area (TPSA) is 234 Å². The minimum atomic E-state index is -0.707. The zero-order valence-corrected chi connectivity index (χ0v) is 28.2. The Hall–Kier alpha value is -4.66. The van der Waals surface area contributed by atoms with Crippen molar-refractivity contribution in [1.82, 2.24) is 0 Å². The van der Waals surface area contributed by atoms with Crippen molar-refractivity contribution >= 4 is 23.9 Å².